The largest absolute Gasteiger partial charge is 0.326 e. The molecule has 0 fully saturated rings. The zero-order valence-corrected chi connectivity index (χ0v) is 14.0. The van der Waals surface area contributed by atoms with E-state index in [-0.39, 0.29) is 24.5 Å². The fourth-order valence-corrected chi connectivity index (χ4v) is 2.49. The zero-order chi connectivity index (χ0) is 17.6. The third-order valence-corrected chi connectivity index (χ3v) is 3.89. The van der Waals surface area contributed by atoms with E-state index in [1.165, 1.54) is 0 Å². The Morgan fingerprint density at radius 1 is 1.08 bits per heavy atom. The predicted octanol–water partition coefficient (Wildman–Crippen LogP) is 3.78. The Hall–Kier alpha value is -3.21. The molecule has 25 heavy (non-hydrogen) atoms. The van der Waals surface area contributed by atoms with E-state index in [0.717, 1.165) is 11.3 Å². The summed E-state index contributed by atoms with van der Waals surface area (Å²) in [7, 11) is 0. The summed E-state index contributed by atoms with van der Waals surface area (Å²) in [5.74, 6) is -0.203. The third-order valence-electron chi connectivity index (χ3n) is 3.89. The van der Waals surface area contributed by atoms with Gasteiger partial charge in [-0.1, -0.05) is 35.9 Å². The van der Waals surface area contributed by atoms with E-state index in [1.807, 2.05) is 54.1 Å². The molecule has 2 aromatic carbocycles. The minimum atomic E-state index is -0.178. The first-order valence-electron chi connectivity index (χ1n) is 8.10. The molecule has 0 atom stereocenters. The van der Waals surface area contributed by atoms with Gasteiger partial charge >= 0.3 is 0 Å². The molecular formula is C20H19N3O2. The van der Waals surface area contributed by atoms with Gasteiger partial charge in [-0.2, -0.15) is 0 Å². The summed E-state index contributed by atoms with van der Waals surface area (Å²) in [5, 5.41) is 2.84. The van der Waals surface area contributed by atoms with Gasteiger partial charge in [-0.05, 0) is 25.1 Å². The van der Waals surface area contributed by atoms with Crippen LogP contribution in [0.4, 0.5) is 5.69 Å². The number of nitrogens with one attached hydrogen (secondary N) is 1. The molecule has 126 valence electrons. The average Bonchev–Trinajstić information content (AvgIpc) is 3.15. The van der Waals surface area contributed by atoms with Crippen LogP contribution in [0.2, 0.25) is 0 Å². The molecule has 1 N–H and O–H groups in total. The van der Waals surface area contributed by atoms with E-state index in [2.05, 4.69) is 10.3 Å². The third kappa shape index (κ3) is 4.41. The molecule has 0 aliphatic carbocycles. The maximum Gasteiger partial charge on any atom is 0.224 e. The van der Waals surface area contributed by atoms with E-state index >= 15 is 0 Å². The number of amides is 1. The standard InChI is InChI=1S/C20H19N3O2/c1-15-5-7-16(8-6-15)19(24)9-10-20(25)22-17-3-2-4-18(13-17)23-12-11-21-14-23/h2-8,11-14H,9-10H2,1H3,(H,22,25). The normalized spacial score (nSPS) is 10.4. The van der Waals surface area contributed by atoms with Crippen LogP contribution in [0.1, 0.15) is 28.8 Å². The molecule has 3 rings (SSSR count). The molecule has 0 aliphatic heterocycles. The van der Waals surface area contributed by atoms with E-state index in [4.69, 9.17) is 0 Å². The van der Waals surface area contributed by atoms with Crippen molar-refractivity contribution < 1.29 is 9.59 Å². The second-order valence-electron chi connectivity index (χ2n) is 5.86. The second kappa shape index (κ2) is 7.57. The Balaban J connectivity index is 1.57. The number of hydrogen-bond acceptors (Lipinski definition) is 3. The summed E-state index contributed by atoms with van der Waals surface area (Å²) in [6, 6.07) is 14.9. The van der Waals surface area contributed by atoms with Gasteiger partial charge in [-0.3, -0.25) is 9.59 Å². The van der Waals surface area contributed by atoms with Crippen molar-refractivity contribution in [3.05, 3.63) is 78.4 Å². The molecule has 0 unspecified atom stereocenters. The van der Waals surface area contributed by atoms with Gasteiger partial charge in [-0.15, -0.1) is 0 Å². The average molecular weight is 333 g/mol. The number of anilines is 1. The maximum absolute atomic E-state index is 12.1. The molecule has 0 aliphatic rings. The number of ketones is 1. The number of benzene rings is 2. The lowest BCUT2D eigenvalue weighted by molar-refractivity contribution is -0.116. The molecule has 1 heterocycles. The molecule has 0 saturated heterocycles. The van der Waals surface area contributed by atoms with E-state index < -0.39 is 0 Å². The fourth-order valence-electron chi connectivity index (χ4n) is 2.49. The highest BCUT2D eigenvalue weighted by Crippen LogP contribution is 2.15. The summed E-state index contributed by atoms with van der Waals surface area (Å²) < 4.78 is 1.86. The molecule has 3 aromatic rings. The highest BCUT2D eigenvalue weighted by Gasteiger charge is 2.10. The molecule has 0 bridgehead atoms. The number of aromatic nitrogens is 2. The van der Waals surface area contributed by atoms with Crippen molar-refractivity contribution >= 4 is 17.4 Å². The van der Waals surface area contributed by atoms with Gasteiger partial charge in [0.15, 0.2) is 5.78 Å². The molecule has 0 saturated carbocycles. The molecule has 5 nitrogen and oxygen atoms in total. The second-order valence-corrected chi connectivity index (χ2v) is 5.86. The summed E-state index contributed by atoms with van der Waals surface area (Å²) in [4.78, 5) is 28.3. The number of Topliss-reactive ketones (excluding diaryl/α,β-unsaturated/α-hetero) is 1. The SMILES string of the molecule is Cc1ccc(C(=O)CCC(=O)Nc2cccc(-n3ccnc3)c2)cc1. The smallest absolute Gasteiger partial charge is 0.224 e. The number of hydrogen-bond donors (Lipinski definition) is 1. The van der Waals surface area contributed by atoms with Crippen LogP contribution in [0.5, 0.6) is 0 Å². The van der Waals surface area contributed by atoms with E-state index in [0.29, 0.717) is 11.3 Å². The van der Waals surface area contributed by atoms with Crippen LogP contribution in [-0.4, -0.2) is 21.2 Å². The minimum absolute atomic E-state index is 0.0256. The lowest BCUT2D eigenvalue weighted by Crippen LogP contribution is -2.13. The highest BCUT2D eigenvalue weighted by molar-refractivity contribution is 6.00. The van der Waals surface area contributed by atoms with Gasteiger partial charge < -0.3 is 9.88 Å². The number of carbonyl (C=O) groups excluding carboxylic acids is 2. The Morgan fingerprint density at radius 3 is 2.60 bits per heavy atom. The van der Waals surface area contributed by atoms with Crippen molar-refractivity contribution in [1.29, 1.82) is 0 Å². The summed E-state index contributed by atoms with van der Waals surface area (Å²) in [6.45, 7) is 1.97. The number of carbonyl (C=O) groups is 2. The molecule has 1 amide bonds. The van der Waals surface area contributed by atoms with Crippen molar-refractivity contribution in [2.75, 3.05) is 5.32 Å². The predicted molar refractivity (Wildman–Crippen MR) is 96.9 cm³/mol. The van der Waals surface area contributed by atoms with Crippen LogP contribution in [-0.2, 0) is 4.79 Å². The van der Waals surface area contributed by atoms with Crippen LogP contribution in [0.25, 0.3) is 5.69 Å². The lowest BCUT2D eigenvalue weighted by Gasteiger charge is -2.08. The van der Waals surface area contributed by atoms with Crippen LogP contribution < -0.4 is 5.32 Å². The Labute approximate surface area is 146 Å². The van der Waals surface area contributed by atoms with Gasteiger partial charge in [0.05, 0.1) is 6.33 Å². The van der Waals surface area contributed by atoms with Crippen molar-refractivity contribution in [3.8, 4) is 5.69 Å². The van der Waals surface area contributed by atoms with Crippen LogP contribution in [0, 0.1) is 6.92 Å². The zero-order valence-electron chi connectivity index (χ0n) is 14.0. The summed E-state index contributed by atoms with van der Waals surface area (Å²) in [5.41, 5.74) is 3.34. The van der Waals surface area contributed by atoms with Crippen LogP contribution in [0.15, 0.2) is 67.3 Å². The van der Waals surface area contributed by atoms with Gasteiger partial charge in [0.2, 0.25) is 5.91 Å². The fraction of sp³-hybridized carbons (Fsp3) is 0.150. The molecular weight excluding hydrogens is 314 g/mol. The monoisotopic (exact) mass is 333 g/mol. The van der Waals surface area contributed by atoms with E-state index in [1.54, 1.807) is 24.7 Å². The van der Waals surface area contributed by atoms with Crippen molar-refractivity contribution in [1.82, 2.24) is 9.55 Å². The van der Waals surface area contributed by atoms with Gasteiger partial charge in [0.25, 0.3) is 0 Å². The number of nitrogens with zero attached hydrogens (tertiary/aromatic N) is 2. The van der Waals surface area contributed by atoms with Crippen LogP contribution >= 0.6 is 0 Å². The van der Waals surface area contributed by atoms with Crippen molar-refractivity contribution in [3.63, 3.8) is 0 Å². The van der Waals surface area contributed by atoms with Gasteiger partial charge in [0.1, 0.15) is 0 Å². The quantitative estimate of drug-likeness (QED) is 0.698. The highest BCUT2D eigenvalue weighted by atomic mass is 16.2. The first-order chi connectivity index (χ1) is 12.1. The topological polar surface area (TPSA) is 64.0 Å². The molecule has 0 radical (unpaired) electrons. The Kier molecular flexibility index (Phi) is 5.04. The molecule has 1 aromatic heterocycles. The number of aryl methyl sites for hydroxylation is 1. The maximum atomic E-state index is 12.1. The molecule has 0 spiro atoms. The molecule has 5 heteroatoms. The summed E-state index contributed by atoms with van der Waals surface area (Å²) >= 11 is 0. The minimum Gasteiger partial charge on any atom is -0.326 e. The summed E-state index contributed by atoms with van der Waals surface area (Å²) in [6.07, 6.45) is 5.57. The van der Waals surface area contributed by atoms with E-state index in [9.17, 15) is 9.59 Å². The lowest BCUT2D eigenvalue weighted by atomic mass is 10.0. The first kappa shape index (κ1) is 16.6. The number of rotatable bonds is 6. The van der Waals surface area contributed by atoms with Gasteiger partial charge in [0, 0.05) is 42.2 Å². The number of imidazole rings is 1. The first-order valence-corrected chi connectivity index (χ1v) is 8.10. The Morgan fingerprint density at radius 2 is 1.88 bits per heavy atom. The Bertz CT molecular complexity index is 868. The van der Waals surface area contributed by atoms with Crippen molar-refractivity contribution in [2.24, 2.45) is 0 Å². The van der Waals surface area contributed by atoms with Crippen LogP contribution in [0.3, 0.4) is 0 Å². The van der Waals surface area contributed by atoms with Gasteiger partial charge in [-0.25, -0.2) is 4.98 Å². The van der Waals surface area contributed by atoms with Crippen molar-refractivity contribution in [2.45, 2.75) is 19.8 Å².